The molecule has 0 aliphatic carbocycles. The van der Waals surface area contributed by atoms with Crippen LogP contribution in [-0.2, 0) is 13.7 Å². The van der Waals surface area contributed by atoms with Crippen molar-refractivity contribution in [2.75, 3.05) is 0 Å². The summed E-state index contributed by atoms with van der Waals surface area (Å²) in [6.07, 6.45) is 5.41. The summed E-state index contributed by atoms with van der Waals surface area (Å²) in [4.78, 5) is 9.44. The smallest absolute Gasteiger partial charge is 0.244 e. The molecule has 1 aliphatic heterocycles. The molecule has 2 aromatic carbocycles. The number of hydrogen-bond acceptors (Lipinski definition) is 7. The SMILES string of the molecule is Cc1[nH]nc2c1C(c1cnn(C)c1)c1c(ncn3nc(-c4ccc(COc5ccc(F)cc5)cc4)nc13)O2. The molecule has 0 bridgehead atoms. The predicted octanol–water partition coefficient (Wildman–Crippen LogP) is 4.56. The van der Waals surface area contributed by atoms with Crippen LogP contribution >= 0.6 is 0 Å². The van der Waals surface area contributed by atoms with Crippen molar-refractivity contribution in [3.05, 3.63) is 101 Å². The largest absolute Gasteiger partial charge is 0.489 e. The van der Waals surface area contributed by atoms with E-state index in [0.29, 0.717) is 35.6 Å². The molecule has 1 unspecified atom stereocenters. The lowest BCUT2D eigenvalue weighted by molar-refractivity contribution is 0.306. The summed E-state index contributed by atoms with van der Waals surface area (Å²) < 4.78 is 28.4. The molecule has 6 aromatic rings. The van der Waals surface area contributed by atoms with Gasteiger partial charge in [0, 0.05) is 35.6 Å². The fourth-order valence-corrected chi connectivity index (χ4v) is 4.76. The van der Waals surface area contributed by atoms with Gasteiger partial charge in [0.25, 0.3) is 0 Å². The molecular formula is C27H21FN8O2. The van der Waals surface area contributed by atoms with Crippen molar-refractivity contribution in [3.63, 3.8) is 0 Å². The molecule has 4 aromatic heterocycles. The van der Waals surface area contributed by atoms with Gasteiger partial charge in [-0.2, -0.15) is 5.10 Å². The Balaban J connectivity index is 1.24. The molecule has 38 heavy (non-hydrogen) atoms. The Morgan fingerprint density at radius 3 is 2.63 bits per heavy atom. The summed E-state index contributed by atoms with van der Waals surface area (Å²) in [6.45, 7) is 2.33. The van der Waals surface area contributed by atoms with E-state index in [1.54, 1.807) is 27.7 Å². The summed E-state index contributed by atoms with van der Waals surface area (Å²) in [5.41, 5.74) is 6.08. The minimum Gasteiger partial charge on any atom is -0.489 e. The number of fused-ring (bicyclic) bond motifs is 4. The zero-order valence-electron chi connectivity index (χ0n) is 20.5. The summed E-state index contributed by atoms with van der Waals surface area (Å²) in [6, 6.07) is 13.8. The lowest BCUT2D eigenvalue weighted by atomic mass is 9.86. The van der Waals surface area contributed by atoms with Crippen molar-refractivity contribution in [2.24, 2.45) is 7.05 Å². The molecule has 10 nitrogen and oxygen atoms in total. The van der Waals surface area contributed by atoms with Gasteiger partial charge in [-0.3, -0.25) is 9.78 Å². The Labute approximate surface area is 215 Å². The van der Waals surface area contributed by atoms with E-state index in [-0.39, 0.29) is 11.7 Å². The minimum atomic E-state index is -0.295. The second kappa shape index (κ2) is 8.51. The third kappa shape index (κ3) is 3.67. The topological polar surface area (TPSA) is 108 Å². The maximum atomic E-state index is 13.1. The highest BCUT2D eigenvalue weighted by atomic mass is 19.1. The van der Waals surface area contributed by atoms with Gasteiger partial charge in [-0.15, -0.1) is 10.2 Å². The van der Waals surface area contributed by atoms with E-state index < -0.39 is 0 Å². The van der Waals surface area contributed by atoms with Crippen LogP contribution in [-0.4, -0.2) is 39.6 Å². The summed E-state index contributed by atoms with van der Waals surface area (Å²) in [5, 5.41) is 16.4. The van der Waals surface area contributed by atoms with Crippen LogP contribution in [0.15, 0.2) is 67.3 Å². The molecule has 1 aliphatic rings. The number of H-pyrrole nitrogens is 1. The van der Waals surface area contributed by atoms with E-state index in [1.807, 2.05) is 50.6 Å². The normalized spacial score (nSPS) is 14.2. The van der Waals surface area contributed by atoms with Gasteiger partial charge >= 0.3 is 0 Å². The van der Waals surface area contributed by atoms with Crippen molar-refractivity contribution < 1.29 is 13.9 Å². The molecule has 5 heterocycles. The summed E-state index contributed by atoms with van der Waals surface area (Å²) >= 11 is 0. The zero-order valence-corrected chi connectivity index (χ0v) is 20.5. The number of aromatic amines is 1. The van der Waals surface area contributed by atoms with E-state index >= 15 is 0 Å². The van der Waals surface area contributed by atoms with Gasteiger partial charge < -0.3 is 9.47 Å². The van der Waals surface area contributed by atoms with Crippen LogP contribution < -0.4 is 9.47 Å². The summed E-state index contributed by atoms with van der Waals surface area (Å²) in [7, 11) is 1.88. The molecule has 0 fully saturated rings. The van der Waals surface area contributed by atoms with E-state index in [9.17, 15) is 4.39 Å². The number of aromatic nitrogens is 8. The standard InChI is InChI=1S/C27H21FN8O2/c1-15-21-22(18-11-30-35(2)12-18)23-25-31-24(34-36(25)14-29-26(23)38-27(21)33-32-15)17-5-3-16(4-6-17)13-37-20-9-7-19(28)8-10-20/h3-12,14,22H,13H2,1-2H3,(H,32,33). The third-order valence-electron chi connectivity index (χ3n) is 6.61. The van der Waals surface area contributed by atoms with Crippen molar-refractivity contribution in [3.8, 4) is 28.9 Å². The fourth-order valence-electron chi connectivity index (χ4n) is 4.76. The minimum absolute atomic E-state index is 0.222. The Hall–Kier alpha value is -5.06. The molecule has 0 amide bonds. The predicted molar refractivity (Wildman–Crippen MR) is 135 cm³/mol. The molecule has 7 rings (SSSR count). The lowest BCUT2D eigenvalue weighted by Crippen LogP contribution is -2.14. The fraction of sp³-hybridized carbons (Fsp3) is 0.148. The zero-order chi connectivity index (χ0) is 25.8. The summed E-state index contributed by atoms with van der Waals surface area (Å²) in [5.74, 6) is 1.59. The number of benzene rings is 2. The van der Waals surface area contributed by atoms with Crippen LogP contribution in [0.1, 0.15) is 33.9 Å². The van der Waals surface area contributed by atoms with Crippen LogP contribution in [0.5, 0.6) is 17.5 Å². The second-order valence-electron chi connectivity index (χ2n) is 9.16. The highest BCUT2D eigenvalue weighted by Gasteiger charge is 2.37. The molecule has 0 spiro atoms. The van der Waals surface area contributed by atoms with Crippen LogP contribution in [0.25, 0.3) is 17.0 Å². The number of hydrogen-bond donors (Lipinski definition) is 1. The number of ether oxygens (including phenoxy) is 2. The third-order valence-corrected chi connectivity index (χ3v) is 6.61. The first kappa shape index (κ1) is 22.2. The van der Waals surface area contributed by atoms with E-state index in [2.05, 4.69) is 20.3 Å². The van der Waals surface area contributed by atoms with Crippen molar-refractivity contribution in [1.29, 1.82) is 0 Å². The first-order valence-electron chi connectivity index (χ1n) is 12.0. The average Bonchev–Trinajstić information content (AvgIpc) is 3.66. The maximum Gasteiger partial charge on any atom is 0.244 e. The number of nitrogens with zero attached hydrogens (tertiary/aromatic N) is 7. The molecular weight excluding hydrogens is 487 g/mol. The first-order valence-corrected chi connectivity index (χ1v) is 12.0. The molecule has 11 heteroatoms. The molecule has 0 radical (unpaired) electrons. The quantitative estimate of drug-likeness (QED) is 0.363. The molecule has 1 atom stereocenters. The molecule has 0 saturated heterocycles. The van der Waals surface area contributed by atoms with Gasteiger partial charge in [0.05, 0.1) is 17.7 Å². The van der Waals surface area contributed by atoms with Crippen LogP contribution in [0.4, 0.5) is 4.39 Å². The van der Waals surface area contributed by atoms with Gasteiger partial charge in [0.15, 0.2) is 11.5 Å². The van der Waals surface area contributed by atoms with Gasteiger partial charge in [-0.05, 0) is 36.8 Å². The lowest BCUT2D eigenvalue weighted by Gasteiger charge is -2.24. The second-order valence-corrected chi connectivity index (χ2v) is 9.16. The number of nitrogens with one attached hydrogen (secondary N) is 1. The molecule has 188 valence electrons. The number of halogens is 1. The van der Waals surface area contributed by atoms with Crippen LogP contribution in [0.3, 0.4) is 0 Å². The van der Waals surface area contributed by atoms with Crippen LogP contribution in [0, 0.1) is 12.7 Å². The Morgan fingerprint density at radius 1 is 1.05 bits per heavy atom. The first-order chi connectivity index (χ1) is 18.5. The Kier molecular flexibility index (Phi) is 4.96. The highest BCUT2D eigenvalue weighted by molar-refractivity contribution is 5.68. The van der Waals surface area contributed by atoms with E-state index in [0.717, 1.165) is 33.5 Å². The van der Waals surface area contributed by atoms with Crippen molar-refractivity contribution >= 4 is 5.65 Å². The Morgan fingerprint density at radius 2 is 1.87 bits per heavy atom. The highest BCUT2D eigenvalue weighted by Crippen LogP contribution is 2.48. The van der Waals surface area contributed by atoms with Gasteiger partial charge in [0.1, 0.15) is 24.5 Å². The van der Waals surface area contributed by atoms with Gasteiger partial charge in [-0.25, -0.2) is 18.9 Å². The number of aryl methyl sites for hydroxylation is 2. The van der Waals surface area contributed by atoms with Crippen LogP contribution in [0.2, 0.25) is 0 Å². The van der Waals surface area contributed by atoms with Gasteiger partial charge in [-0.1, -0.05) is 24.3 Å². The monoisotopic (exact) mass is 508 g/mol. The van der Waals surface area contributed by atoms with E-state index in [1.165, 1.54) is 12.1 Å². The average molecular weight is 509 g/mol. The van der Waals surface area contributed by atoms with Crippen molar-refractivity contribution in [1.82, 2.24) is 39.6 Å². The Bertz CT molecular complexity index is 1790. The van der Waals surface area contributed by atoms with Crippen molar-refractivity contribution in [2.45, 2.75) is 19.4 Å². The molecule has 1 N–H and O–H groups in total. The van der Waals surface area contributed by atoms with E-state index in [4.69, 9.17) is 19.6 Å². The number of rotatable bonds is 5. The molecule has 0 saturated carbocycles. The maximum absolute atomic E-state index is 13.1. The van der Waals surface area contributed by atoms with Gasteiger partial charge in [0.2, 0.25) is 11.8 Å².